The third kappa shape index (κ3) is 2.34. The number of rotatable bonds is 2. The van der Waals surface area contributed by atoms with Gasteiger partial charge in [0, 0.05) is 19.6 Å². The molecule has 22 heavy (non-hydrogen) atoms. The fourth-order valence-electron chi connectivity index (χ4n) is 2.57. The Morgan fingerprint density at radius 2 is 1.91 bits per heavy atom. The van der Waals surface area contributed by atoms with Crippen molar-refractivity contribution in [1.82, 2.24) is 14.5 Å². The van der Waals surface area contributed by atoms with Crippen molar-refractivity contribution in [2.75, 3.05) is 6.54 Å². The first-order valence-corrected chi connectivity index (χ1v) is 6.81. The molecule has 1 aromatic carbocycles. The van der Waals surface area contributed by atoms with Crippen LogP contribution in [0, 0.1) is 12.7 Å². The lowest BCUT2D eigenvalue weighted by Crippen LogP contribution is -2.42. The van der Waals surface area contributed by atoms with Crippen molar-refractivity contribution in [3.8, 4) is 5.75 Å². The zero-order chi connectivity index (χ0) is 15.9. The van der Waals surface area contributed by atoms with Crippen LogP contribution in [-0.4, -0.2) is 32.0 Å². The lowest BCUT2D eigenvalue weighted by molar-refractivity contribution is 0.0680. The molecule has 3 rings (SSSR count). The van der Waals surface area contributed by atoms with Gasteiger partial charge in [-0.15, -0.1) is 0 Å². The van der Waals surface area contributed by atoms with Crippen LogP contribution in [0.1, 0.15) is 21.9 Å². The second kappa shape index (κ2) is 5.25. The third-order valence-electron chi connectivity index (χ3n) is 3.72. The smallest absolute Gasteiger partial charge is 0.315 e. The molecule has 0 radical (unpaired) electrons. The van der Waals surface area contributed by atoms with Crippen LogP contribution in [-0.2, 0) is 13.1 Å². The number of hydrogen-bond donors (Lipinski definition) is 1. The van der Waals surface area contributed by atoms with Crippen molar-refractivity contribution in [2.45, 2.75) is 20.0 Å². The largest absolute Gasteiger partial charge is 0.501 e. The van der Waals surface area contributed by atoms with Crippen molar-refractivity contribution in [1.29, 1.82) is 0 Å². The second-order valence-electron chi connectivity index (χ2n) is 5.17. The van der Waals surface area contributed by atoms with Gasteiger partial charge in [-0.05, 0) is 24.6 Å². The SMILES string of the molecule is Cc1nc(=O)c(O)c2n1CCN(Cc1ccc(F)cc1)C2=O. The molecule has 2 aromatic rings. The van der Waals surface area contributed by atoms with Gasteiger partial charge < -0.3 is 14.6 Å². The van der Waals surface area contributed by atoms with Crippen molar-refractivity contribution < 1.29 is 14.3 Å². The number of aryl methyl sites for hydroxylation is 1. The second-order valence-corrected chi connectivity index (χ2v) is 5.17. The minimum absolute atomic E-state index is 0.0362. The Hall–Kier alpha value is -2.70. The van der Waals surface area contributed by atoms with Crippen LogP contribution in [0.25, 0.3) is 0 Å². The van der Waals surface area contributed by atoms with Gasteiger partial charge in [-0.1, -0.05) is 12.1 Å². The van der Waals surface area contributed by atoms with E-state index in [1.807, 2.05) is 0 Å². The summed E-state index contributed by atoms with van der Waals surface area (Å²) in [5.41, 5.74) is -0.0672. The molecule has 0 aliphatic carbocycles. The normalized spacial score (nSPS) is 14.1. The standard InChI is InChI=1S/C15H14FN3O3/c1-9-17-14(21)13(20)12-15(22)18(6-7-19(9)12)8-10-2-4-11(16)5-3-10/h2-5,20H,6-8H2,1H3. The Labute approximate surface area is 125 Å². The molecule has 1 N–H and O–H groups in total. The Balaban J connectivity index is 1.94. The van der Waals surface area contributed by atoms with E-state index in [2.05, 4.69) is 4.98 Å². The molecule has 7 heteroatoms. The van der Waals surface area contributed by atoms with E-state index in [0.29, 0.717) is 18.9 Å². The molecule has 0 unspecified atom stereocenters. The molecule has 114 valence electrons. The van der Waals surface area contributed by atoms with Gasteiger partial charge in [0.2, 0.25) is 5.75 Å². The first kappa shape index (κ1) is 14.2. The fourth-order valence-corrected chi connectivity index (χ4v) is 2.57. The first-order chi connectivity index (χ1) is 10.5. The van der Waals surface area contributed by atoms with Crippen molar-refractivity contribution in [2.24, 2.45) is 0 Å². The summed E-state index contributed by atoms with van der Waals surface area (Å²) < 4.78 is 14.5. The van der Waals surface area contributed by atoms with Crippen LogP contribution < -0.4 is 5.56 Å². The molecule has 6 nitrogen and oxygen atoms in total. The summed E-state index contributed by atoms with van der Waals surface area (Å²) in [6.45, 7) is 2.77. The molecule has 1 amide bonds. The Morgan fingerprint density at radius 3 is 2.59 bits per heavy atom. The zero-order valence-corrected chi connectivity index (χ0v) is 11.9. The van der Waals surface area contributed by atoms with Gasteiger partial charge in [-0.3, -0.25) is 9.59 Å². The van der Waals surface area contributed by atoms with Gasteiger partial charge in [-0.2, -0.15) is 4.98 Å². The van der Waals surface area contributed by atoms with E-state index in [1.165, 1.54) is 17.0 Å². The number of benzene rings is 1. The minimum Gasteiger partial charge on any atom is -0.501 e. The molecule has 0 saturated carbocycles. The number of nitrogens with zero attached hydrogens (tertiary/aromatic N) is 3. The van der Waals surface area contributed by atoms with E-state index in [-0.39, 0.29) is 18.1 Å². The average molecular weight is 303 g/mol. The van der Waals surface area contributed by atoms with Crippen molar-refractivity contribution in [3.63, 3.8) is 0 Å². The van der Waals surface area contributed by atoms with E-state index in [9.17, 15) is 19.1 Å². The van der Waals surface area contributed by atoms with Gasteiger partial charge >= 0.3 is 5.56 Å². The van der Waals surface area contributed by atoms with Crippen LogP contribution in [0.5, 0.6) is 5.75 Å². The zero-order valence-electron chi connectivity index (χ0n) is 11.9. The predicted molar refractivity (Wildman–Crippen MR) is 76.0 cm³/mol. The highest BCUT2D eigenvalue weighted by Crippen LogP contribution is 2.21. The van der Waals surface area contributed by atoms with Gasteiger partial charge in [0.1, 0.15) is 11.6 Å². The quantitative estimate of drug-likeness (QED) is 0.900. The van der Waals surface area contributed by atoms with Gasteiger partial charge in [0.25, 0.3) is 5.91 Å². The van der Waals surface area contributed by atoms with E-state index in [0.717, 1.165) is 5.56 Å². The number of aromatic hydroxyl groups is 1. The molecule has 2 heterocycles. The Morgan fingerprint density at radius 1 is 1.23 bits per heavy atom. The van der Waals surface area contributed by atoms with E-state index in [1.54, 1.807) is 23.6 Å². The minimum atomic E-state index is -0.805. The topological polar surface area (TPSA) is 75.4 Å². The summed E-state index contributed by atoms with van der Waals surface area (Å²) in [7, 11) is 0. The molecule has 1 aromatic heterocycles. The highest BCUT2D eigenvalue weighted by atomic mass is 19.1. The number of carbonyl (C=O) groups is 1. The summed E-state index contributed by atoms with van der Waals surface area (Å²) in [6.07, 6.45) is 0. The van der Waals surface area contributed by atoms with Crippen LogP contribution >= 0.6 is 0 Å². The number of fused-ring (bicyclic) bond motifs is 1. The van der Waals surface area contributed by atoms with E-state index < -0.39 is 17.2 Å². The number of hydrogen-bond acceptors (Lipinski definition) is 4. The average Bonchev–Trinajstić information content (AvgIpc) is 2.49. The van der Waals surface area contributed by atoms with Crippen LogP contribution in [0.3, 0.4) is 0 Å². The fraction of sp³-hybridized carbons (Fsp3) is 0.267. The summed E-state index contributed by atoms with van der Waals surface area (Å²) in [5.74, 6) is -1.01. The molecule has 0 saturated heterocycles. The maximum atomic E-state index is 12.9. The highest BCUT2D eigenvalue weighted by Gasteiger charge is 2.29. The molecule has 0 bridgehead atoms. The molecule has 1 aliphatic heterocycles. The Bertz CT molecular complexity index is 799. The van der Waals surface area contributed by atoms with E-state index in [4.69, 9.17) is 0 Å². The van der Waals surface area contributed by atoms with Crippen molar-refractivity contribution >= 4 is 5.91 Å². The lowest BCUT2D eigenvalue weighted by Gasteiger charge is -2.30. The summed E-state index contributed by atoms with van der Waals surface area (Å²) in [4.78, 5) is 29.3. The van der Waals surface area contributed by atoms with Crippen LogP contribution in [0.15, 0.2) is 29.1 Å². The predicted octanol–water partition coefficient (Wildman–Crippen LogP) is 1.05. The molecule has 1 aliphatic rings. The molecule has 0 atom stereocenters. The number of amides is 1. The number of halogens is 1. The summed E-state index contributed by atoms with van der Waals surface area (Å²) in [5, 5.41) is 9.87. The maximum absolute atomic E-state index is 12.9. The van der Waals surface area contributed by atoms with E-state index >= 15 is 0 Å². The molecule has 0 spiro atoms. The number of aromatic nitrogens is 2. The molecular formula is C15H14FN3O3. The summed E-state index contributed by atoms with van der Waals surface area (Å²) in [6, 6.07) is 5.85. The molecule has 0 fully saturated rings. The Kier molecular flexibility index (Phi) is 3.40. The first-order valence-electron chi connectivity index (χ1n) is 6.81. The van der Waals surface area contributed by atoms with Gasteiger partial charge in [-0.25, -0.2) is 4.39 Å². The van der Waals surface area contributed by atoms with Gasteiger partial charge in [0.15, 0.2) is 5.69 Å². The van der Waals surface area contributed by atoms with Gasteiger partial charge in [0.05, 0.1) is 0 Å². The maximum Gasteiger partial charge on any atom is 0.315 e. The van der Waals surface area contributed by atoms with Crippen LogP contribution in [0.2, 0.25) is 0 Å². The molecular weight excluding hydrogens is 289 g/mol. The third-order valence-corrected chi connectivity index (χ3v) is 3.72. The monoisotopic (exact) mass is 303 g/mol. The number of carbonyl (C=O) groups excluding carboxylic acids is 1. The van der Waals surface area contributed by atoms with Crippen LogP contribution in [0.4, 0.5) is 4.39 Å². The lowest BCUT2D eigenvalue weighted by atomic mass is 10.1. The highest BCUT2D eigenvalue weighted by molar-refractivity contribution is 5.95. The summed E-state index contributed by atoms with van der Waals surface area (Å²) >= 11 is 0. The van der Waals surface area contributed by atoms with Crippen molar-refractivity contribution in [3.05, 3.63) is 57.5 Å².